The predicted octanol–water partition coefficient (Wildman–Crippen LogP) is 3.31. The van der Waals surface area contributed by atoms with Gasteiger partial charge in [-0.1, -0.05) is 12.1 Å². The zero-order valence-corrected chi connectivity index (χ0v) is 21.7. The Morgan fingerprint density at radius 3 is 2.65 bits per heavy atom. The zero-order chi connectivity index (χ0) is 25.6. The molecule has 0 atom stereocenters. The van der Waals surface area contributed by atoms with Gasteiger partial charge < -0.3 is 4.90 Å². The Hall–Kier alpha value is -3.67. The van der Waals surface area contributed by atoms with Crippen LogP contribution in [0.25, 0.3) is 27.0 Å². The molecule has 6 rings (SSSR count). The molecule has 0 aliphatic carbocycles. The summed E-state index contributed by atoms with van der Waals surface area (Å²) in [7, 11) is -3.24. The van der Waals surface area contributed by atoms with Crippen LogP contribution in [0, 0.1) is 0 Å². The number of carbonyl (C=O) groups is 1. The Morgan fingerprint density at radius 1 is 1.00 bits per heavy atom. The van der Waals surface area contributed by atoms with E-state index in [2.05, 4.69) is 27.3 Å². The Morgan fingerprint density at radius 2 is 1.84 bits per heavy atom. The molecule has 5 heterocycles. The number of fused-ring (bicyclic) bond motifs is 2. The molecule has 1 amide bonds. The highest BCUT2D eigenvalue weighted by molar-refractivity contribution is 7.88. The van der Waals surface area contributed by atoms with E-state index in [1.807, 2.05) is 53.1 Å². The van der Waals surface area contributed by atoms with Gasteiger partial charge in [0.15, 0.2) is 5.65 Å². The van der Waals surface area contributed by atoms with E-state index < -0.39 is 10.0 Å². The molecular formula is C26H24N6O3S2. The fourth-order valence-electron chi connectivity index (χ4n) is 4.61. The van der Waals surface area contributed by atoms with Crippen LogP contribution in [0.3, 0.4) is 0 Å². The fourth-order valence-corrected chi connectivity index (χ4v) is 6.40. The van der Waals surface area contributed by atoms with Crippen molar-refractivity contribution in [3.8, 4) is 10.4 Å². The van der Waals surface area contributed by atoms with Gasteiger partial charge in [-0.3, -0.25) is 14.2 Å². The molecular weight excluding hydrogens is 508 g/mol. The maximum Gasteiger partial charge on any atom is 0.264 e. The summed E-state index contributed by atoms with van der Waals surface area (Å²) in [6.07, 6.45) is 5.63. The van der Waals surface area contributed by atoms with Crippen molar-refractivity contribution < 1.29 is 13.2 Å². The number of benzene rings is 1. The maximum atomic E-state index is 13.1. The third-order valence-corrected chi connectivity index (χ3v) is 9.02. The molecule has 188 valence electrons. The van der Waals surface area contributed by atoms with Crippen molar-refractivity contribution in [1.82, 2.24) is 28.8 Å². The van der Waals surface area contributed by atoms with Crippen LogP contribution in [0.15, 0.2) is 67.0 Å². The second-order valence-electron chi connectivity index (χ2n) is 9.09. The number of hydrogen-bond acceptors (Lipinski definition) is 7. The summed E-state index contributed by atoms with van der Waals surface area (Å²) in [5.41, 5.74) is 3.82. The molecule has 1 aromatic carbocycles. The molecule has 5 aromatic rings. The molecule has 0 radical (unpaired) electrons. The van der Waals surface area contributed by atoms with Gasteiger partial charge in [0, 0.05) is 60.8 Å². The first-order chi connectivity index (χ1) is 17.8. The predicted molar refractivity (Wildman–Crippen MR) is 143 cm³/mol. The molecule has 0 bridgehead atoms. The summed E-state index contributed by atoms with van der Waals surface area (Å²) >= 11 is 1.43. The van der Waals surface area contributed by atoms with E-state index in [-0.39, 0.29) is 5.91 Å². The zero-order valence-electron chi connectivity index (χ0n) is 20.1. The number of carbonyl (C=O) groups excluding carboxylic acids is 1. The van der Waals surface area contributed by atoms with Gasteiger partial charge in [-0.25, -0.2) is 8.42 Å². The monoisotopic (exact) mass is 532 g/mol. The molecule has 1 fully saturated rings. The van der Waals surface area contributed by atoms with Crippen molar-refractivity contribution in [2.75, 3.05) is 32.4 Å². The minimum atomic E-state index is -3.24. The summed E-state index contributed by atoms with van der Waals surface area (Å²) in [5, 5.41) is 9.83. The molecule has 1 saturated heterocycles. The average molecular weight is 533 g/mol. The number of nitrogens with zero attached hydrogens (tertiary/aromatic N) is 6. The highest BCUT2D eigenvalue weighted by Crippen LogP contribution is 2.30. The van der Waals surface area contributed by atoms with E-state index in [0.29, 0.717) is 37.5 Å². The summed E-state index contributed by atoms with van der Waals surface area (Å²) in [4.78, 5) is 20.8. The molecule has 1 aliphatic rings. The van der Waals surface area contributed by atoms with Gasteiger partial charge in [0.1, 0.15) is 5.82 Å². The first-order valence-electron chi connectivity index (χ1n) is 11.9. The van der Waals surface area contributed by atoms with Crippen molar-refractivity contribution in [3.63, 3.8) is 0 Å². The van der Waals surface area contributed by atoms with Crippen LogP contribution >= 0.6 is 11.3 Å². The summed E-state index contributed by atoms with van der Waals surface area (Å²) in [5.74, 6) is 0.762. The lowest BCUT2D eigenvalue weighted by Gasteiger charge is -2.32. The summed E-state index contributed by atoms with van der Waals surface area (Å²) in [6.45, 7) is 1.42. The third kappa shape index (κ3) is 4.73. The largest absolute Gasteiger partial charge is 0.335 e. The molecule has 0 spiro atoms. The molecule has 37 heavy (non-hydrogen) atoms. The van der Waals surface area contributed by atoms with Gasteiger partial charge in [-0.05, 0) is 48.0 Å². The van der Waals surface area contributed by atoms with Crippen LogP contribution in [-0.2, 0) is 16.4 Å². The molecule has 1 aliphatic heterocycles. The first-order valence-corrected chi connectivity index (χ1v) is 14.5. The first kappa shape index (κ1) is 23.7. The van der Waals surface area contributed by atoms with Crippen molar-refractivity contribution in [2.45, 2.75) is 6.42 Å². The average Bonchev–Trinajstić information content (AvgIpc) is 3.55. The Kier molecular flexibility index (Phi) is 5.98. The number of thiophene rings is 1. The van der Waals surface area contributed by atoms with E-state index in [4.69, 9.17) is 0 Å². The lowest BCUT2D eigenvalue weighted by Crippen LogP contribution is -2.50. The number of amides is 1. The minimum absolute atomic E-state index is 0.0683. The van der Waals surface area contributed by atoms with Gasteiger partial charge >= 0.3 is 0 Å². The topological polar surface area (TPSA) is 101 Å². The van der Waals surface area contributed by atoms with Crippen LogP contribution in [0.4, 0.5) is 0 Å². The van der Waals surface area contributed by atoms with Gasteiger partial charge in [-0.2, -0.15) is 4.31 Å². The third-order valence-electron chi connectivity index (χ3n) is 6.60. The summed E-state index contributed by atoms with van der Waals surface area (Å²) < 4.78 is 26.9. The number of rotatable bonds is 5. The second-order valence-corrected chi connectivity index (χ2v) is 12.2. The molecule has 4 aromatic heterocycles. The smallest absolute Gasteiger partial charge is 0.264 e. The number of hydrogen-bond donors (Lipinski definition) is 0. The quantitative estimate of drug-likeness (QED) is 0.344. The Bertz CT molecular complexity index is 1740. The second kappa shape index (κ2) is 9.33. The molecule has 11 heteroatoms. The number of sulfonamides is 1. The van der Waals surface area contributed by atoms with E-state index >= 15 is 0 Å². The lowest BCUT2D eigenvalue weighted by atomic mass is 10.1. The van der Waals surface area contributed by atoms with Crippen LogP contribution in [0.5, 0.6) is 0 Å². The fraction of sp³-hybridized carbons (Fsp3) is 0.231. The van der Waals surface area contributed by atoms with Crippen molar-refractivity contribution >= 4 is 43.8 Å². The summed E-state index contributed by atoms with van der Waals surface area (Å²) in [6, 6.07) is 17.9. The SMILES string of the molecule is CS(=O)(=O)N1CCN(C(=O)c2ccc(-c3ccc4nnc(Cc5ccc6ncccc6c5)n4c3)s2)CC1. The van der Waals surface area contributed by atoms with E-state index in [1.54, 1.807) is 11.1 Å². The minimum Gasteiger partial charge on any atom is -0.335 e. The van der Waals surface area contributed by atoms with E-state index in [0.717, 1.165) is 38.4 Å². The van der Waals surface area contributed by atoms with Gasteiger partial charge in [0.25, 0.3) is 5.91 Å². The molecule has 0 saturated carbocycles. The van der Waals surface area contributed by atoms with Crippen LogP contribution in [0.1, 0.15) is 21.1 Å². The van der Waals surface area contributed by atoms with Crippen molar-refractivity contribution in [1.29, 1.82) is 0 Å². The number of aromatic nitrogens is 4. The van der Waals surface area contributed by atoms with Crippen LogP contribution in [-0.4, -0.2) is 75.5 Å². The standard InChI is InChI=1S/C26H24N6O3S2/c1-37(34,35)31-13-11-30(12-14-31)26(33)23-8-7-22(36-23)20-5-9-24-28-29-25(32(24)17-20)16-18-4-6-21-19(15-18)3-2-10-27-21/h2-10,15,17H,11-14,16H2,1H3. The van der Waals surface area contributed by atoms with E-state index in [9.17, 15) is 13.2 Å². The Labute approximate surface area is 218 Å². The van der Waals surface area contributed by atoms with Crippen molar-refractivity contribution in [2.24, 2.45) is 0 Å². The maximum absolute atomic E-state index is 13.1. The normalized spacial score (nSPS) is 15.0. The molecule has 9 nitrogen and oxygen atoms in total. The Balaban J connectivity index is 1.22. The van der Waals surface area contributed by atoms with Crippen LogP contribution in [0.2, 0.25) is 0 Å². The van der Waals surface area contributed by atoms with Gasteiger partial charge in [-0.15, -0.1) is 21.5 Å². The highest BCUT2D eigenvalue weighted by atomic mass is 32.2. The van der Waals surface area contributed by atoms with Crippen LogP contribution < -0.4 is 0 Å². The lowest BCUT2D eigenvalue weighted by molar-refractivity contribution is 0.0703. The highest BCUT2D eigenvalue weighted by Gasteiger charge is 2.27. The van der Waals surface area contributed by atoms with E-state index in [1.165, 1.54) is 21.9 Å². The number of pyridine rings is 2. The van der Waals surface area contributed by atoms with Gasteiger partial charge in [0.2, 0.25) is 10.0 Å². The molecule has 0 unspecified atom stereocenters. The molecule has 0 N–H and O–H groups in total. The van der Waals surface area contributed by atoms with Gasteiger partial charge in [0.05, 0.1) is 16.6 Å². The number of piperazine rings is 1. The van der Waals surface area contributed by atoms with Crippen molar-refractivity contribution in [3.05, 3.63) is 83.3 Å².